The van der Waals surface area contributed by atoms with E-state index in [1.807, 2.05) is 55.5 Å². The molecule has 116 valence electrons. The first-order chi connectivity index (χ1) is 10.5. The third kappa shape index (κ3) is 3.88. The van der Waals surface area contributed by atoms with E-state index in [0.717, 1.165) is 16.7 Å². The van der Waals surface area contributed by atoms with Crippen molar-refractivity contribution in [1.29, 1.82) is 0 Å². The van der Waals surface area contributed by atoms with Crippen LogP contribution in [0.4, 0.5) is 0 Å². The lowest BCUT2D eigenvalue weighted by Crippen LogP contribution is -2.30. The molecule has 0 fully saturated rings. The van der Waals surface area contributed by atoms with Gasteiger partial charge in [0.1, 0.15) is 5.75 Å². The quantitative estimate of drug-likeness (QED) is 0.869. The highest BCUT2D eigenvalue weighted by atomic mass is 16.5. The Balaban J connectivity index is 2.24. The first-order valence-electron chi connectivity index (χ1n) is 7.52. The van der Waals surface area contributed by atoms with Gasteiger partial charge < -0.3 is 9.84 Å². The van der Waals surface area contributed by atoms with Crippen molar-refractivity contribution in [3.63, 3.8) is 0 Å². The van der Waals surface area contributed by atoms with Crippen molar-refractivity contribution < 1.29 is 14.6 Å². The Morgan fingerprint density at radius 2 is 1.73 bits per heavy atom. The van der Waals surface area contributed by atoms with Crippen molar-refractivity contribution in [3.05, 3.63) is 65.2 Å². The van der Waals surface area contributed by atoms with Crippen LogP contribution in [0, 0.1) is 6.92 Å². The molecule has 0 bridgehead atoms. The average Bonchev–Trinajstić information content (AvgIpc) is 2.49. The minimum absolute atomic E-state index is 0.282. The monoisotopic (exact) mass is 298 g/mol. The van der Waals surface area contributed by atoms with E-state index in [-0.39, 0.29) is 5.92 Å². The van der Waals surface area contributed by atoms with Crippen molar-refractivity contribution in [2.24, 2.45) is 0 Å². The third-order valence-corrected chi connectivity index (χ3v) is 3.75. The van der Waals surface area contributed by atoms with Gasteiger partial charge in [0, 0.05) is 6.42 Å². The van der Waals surface area contributed by atoms with Crippen LogP contribution in [0.25, 0.3) is 0 Å². The van der Waals surface area contributed by atoms with E-state index in [9.17, 15) is 9.90 Å². The number of hydrogen-bond acceptors (Lipinski definition) is 2. The highest BCUT2D eigenvalue weighted by molar-refractivity contribution is 5.73. The molecule has 0 saturated carbocycles. The summed E-state index contributed by atoms with van der Waals surface area (Å²) in [5.41, 5.74) is 3.10. The summed E-state index contributed by atoms with van der Waals surface area (Å²) in [4.78, 5) is 11.6. The lowest BCUT2D eigenvalue weighted by Gasteiger charge is -2.20. The minimum Gasteiger partial charge on any atom is -0.478 e. The molecule has 0 aromatic heterocycles. The molecule has 3 heteroatoms. The number of carbonyl (C=O) groups is 1. The number of hydrogen-bond donors (Lipinski definition) is 1. The highest BCUT2D eigenvalue weighted by Crippen LogP contribution is 2.27. The molecule has 0 amide bonds. The summed E-state index contributed by atoms with van der Waals surface area (Å²) in [7, 11) is 0. The summed E-state index contributed by atoms with van der Waals surface area (Å²) in [6.07, 6.45) is -0.532. The lowest BCUT2D eigenvalue weighted by atomic mass is 10.0. The molecule has 0 aliphatic carbocycles. The van der Waals surface area contributed by atoms with Gasteiger partial charge in [0.25, 0.3) is 0 Å². The van der Waals surface area contributed by atoms with Crippen molar-refractivity contribution in [1.82, 2.24) is 0 Å². The zero-order valence-corrected chi connectivity index (χ0v) is 13.2. The highest BCUT2D eigenvalue weighted by Gasteiger charge is 2.22. The molecule has 0 radical (unpaired) electrons. The normalized spacial score (nSPS) is 12.2. The number of aliphatic carboxylic acids is 1. The molecule has 3 nitrogen and oxygen atoms in total. The van der Waals surface area contributed by atoms with E-state index < -0.39 is 12.1 Å². The number of carboxylic acid groups (broad SMARTS) is 1. The van der Waals surface area contributed by atoms with Gasteiger partial charge in [-0.1, -0.05) is 56.3 Å². The van der Waals surface area contributed by atoms with E-state index in [4.69, 9.17) is 4.74 Å². The van der Waals surface area contributed by atoms with Gasteiger partial charge in [0.05, 0.1) is 0 Å². The maximum Gasteiger partial charge on any atom is 0.345 e. The fourth-order valence-electron chi connectivity index (χ4n) is 2.44. The number of carboxylic acids is 1. The number of ether oxygens (including phenoxy) is 1. The third-order valence-electron chi connectivity index (χ3n) is 3.75. The predicted octanol–water partition coefficient (Wildman–Crippen LogP) is 4.19. The van der Waals surface area contributed by atoms with Crippen LogP contribution in [-0.2, 0) is 11.2 Å². The fourth-order valence-corrected chi connectivity index (χ4v) is 2.44. The summed E-state index contributed by atoms with van der Waals surface area (Å²) in [5, 5.41) is 9.49. The second kappa shape index (κ2) is 7.12. The standard InChI is InChI=1S/C19H22O3/c1-13(2)16-10-6-7-11-17(16)22-18(19(20)21)12-15-9-5-4-8-14(15)3/h4-11,13,18H,12H2,1-3H3,(H,20,21). The second-order valence-corrected chi connectivity index (χ2v) is 5.77. The Bertz CT molecular complexity index is 647. The van der Waals surface area contributed by atoms with E-state index in [2.05, 4.69) is 13.8 Å². The molecular weight excluding hydrogens is 276 g/mol. The molecule has 22 heavy (non-hydrogen) atoms. The zero-order valence-electron chi connectivity index (χ0n) is 13.2. The first-order valence-corrected chi connectivity index (χ1v) is 7.52. The van der Waals surface area contributed by atoms with E-state index in [0.29, 0.717) is 12.2 Å². The molecule has 0 heterocycles. The second-order valence-electron chi connectivity index (χ2n) is 5.77. The number of benzene rings is 2. The van der Waals surface area contributed by atoms with Crippen molar-refractivity contribution in [2.75, 3.05) is 0 Å². The van der Waals surface area contributed by atoms with Crippen LogP contribution < -0.4 is 4.74 Å². The molecule has 2 aromatic rings. The molecule has 2 aromatic carbocycles. The molecular formula is C19H22O3. The molecule has 0 aliphatic rings. The van der Waals surface area contributed by atoms with E-state index >= 15 is 0 Å². The smallest absolute Gasteiger partial charge is 0.345 e. The van der Waals surface area contributed by atoms with E-state index in [1.165, 1.54) is 0 Å². The maximum atomic E-state index is 11.6. The largest absolute Gasteiger partial charge is 0.478 e. The lowest BCUT2D eigenvalue weighted by molar-refractivity contribution is -0.145. The Labute approximate surface area is 131 Å². The van der Waals surface area contributed by atoms with Gasteiger partial charge >= 0.3 is 5.97 Å². The van der Waals surface area contributed by atoms with Crippen LogP contribution in [0.3, 0.4) is 0 Å². The maximum absolute atomic E-state index is 11.6. The molecule has 0 spiro atoms. The molecule has 2 rings (SSSR count). The summed E-state index contributed by atoms with van der Waals surface area (Å²) < 4.78 is 5.83. The Morgan fingerprint density at radius 3 is 2.36 bits per heavy atom. The van der Waals surface area contributed by atoms with Gasteiger partial charge in [-0.05, 0) is 35.6 Å². The van der Waals surface area contributed by atoms with Gasteiger partial charge in [-0.25, -0.2) is 4.79 Å². The minimum atomic E-state index is -0.943. The van der Waals surface area contributed by atoms with Crippen molar-refractivity contribution >= 4 is 5.97 Å². The Hall–Kier alpha value is -2.29. The van der Waals surface area contributed by atoms with Gasteiger partial charge in [-0.15, -0.1) is 0 Å². The molecule has 1 N–H and O–H groups in total. The summed E-state index contributed by atoms with van der Waals surface area (Å²) in [6.45, 7) is 6.12. The van der Waals surface area contributed by atoms with Gasteiger partial charge in [-0.2, -0.15) is 0 Å². The Kier molecular flexibility index (Phi) is 5.21. The van der Waals surface area contributed by atoms with Gasteiger partial charge in [0.2, 0.25) is 0 Å². The fraction of sp³-hybridized carbons (Fsp3) is 0.316. The molecule has 0 aliphatic heterocycles. The van der Waals surface area contributed by atoms with Gasteiger partial charge in [0.15, 0.2) is 6.10 Å². The molecule has 1 atom stereocenters. The summed E-state index contributed by atoms with van der Waals surface area (Å²) in [6, 6.07) is 15.4. The topological polar surface area (TPSA) is 46.5 Å². The van der Waals surface area contributed by atoms with Crippen LogP contribution in [-0.4, -0.2) is 17.2 Å². The van der Waals surface area contributed by atoms with Crippen LogP contribution in [0.2, 0.25) is 0 Å². The average molecular weight is 298 g/mol. The number of rotatable bonds is 6. The summed E-state index contributed by atoms with van der Waals surface area (Å²) in [5.74, 6) is -0.00981. The number of aryl methyl sites for hydroxylation is 1. The van der Waals surface area contributed by atoms with Crippen LogP contribution in [0.15, 0.2) is 48.5 Å². The molecule has 0 saturated heterocycles. The molecule has 1 unspecified atom stereocenters. The zero-order chi connectivity index (χ0) is 16.1. The van der Waals surface area contributed by atoms with Crippen molar-refractivity contribution in [3.8, 4) is 5.75 Å². The van der Waals surface area contributed by atoms with Crippen LogP contribution >= 0.6 is 0 Å². The van der Waals surface area contributed by atoms with E-state index in [1.54, 1.807) is 0 Å². The first kappa shape index (κ1) is 16.1. The van der Waals surface area contributed by atoms with Crippen molar-refractivity contribution in [2.45, 2.75) is 39.2 Å². The van der Waals surface area contributed by atoms with Crippen LogP contribution in [0.1, 0.15) is 36.5 Å². The summed E-state index contributed by atoms with van der Waals surface area (Å²) >= 11 is 0. The Morgan fingerprint density at radius 1 is 1.09 bits per heavy atom. The van der Waals surface area contributed by atoms with Crippen LogP contribution in [0.5, 0.6) is 5.75 Å². The SMILES string of the molecule is Cc1ccccc1CC(Oc1ccccc1C(C)C)C(=O)O. The predicted molar refractivity (Wildman–Crippen MR) is 87.5 cm³/mol. The number of para-hydroxylation sites is 1. The van der Waals surface area contributed by atoms with Gasteiger partial charge in [-0.3, -0.25) is 0 Å².